The van der Waals surface area contributed by atoms with Gasteiger partial charge in [0.15, 0.2) is 18.1 Å². The van der Waals surface area contributed by atoms with E-state index in [1.54, 1.807) is 18.2 Å². The Bertz CT molecular complexity index is 893. The van der Waals surface area contributed by atoms with Crippen molar-refractivity contribution in [3.8, 4) is 11.5 Å². The number of carbonyl (C=O) groups is 2. The van der Waals surface area contributed by atoms with Gasteiger partial charge in [0, 0.05) is 23.3 Å². The highest BCUT2D eigenvalue weighted by Gasteiger charge is 2.17. The number of aromatic carboxylic acids is 1. The number of benzene rings is 2. The maximum absolute atomic E-state index is 12.1. The highest BCUT2D eigenvalue weighted by molar-refractivity contribution is 6.33. The quantitative estimate of drug-likeness (QED) is 0.598. The fourth-order valence-electron chi connectivity index (χ4n) is 2.61. The van der Waals surface area contributed by atoms with Crippen LogP contribution >= 0.6 is 11.6 Å². The third-order valence-corrected chi connectivity index (χ3v) is 4.14. The summed E-state index contributed by atoms with van der Waals surface area (Å²) >= 11 is 6.01. The van der Waals surface area contributed by atoms with Gasteiger partial charge in [0.2, 0.25) is 0 Å². The molecule has 0 saturated carbocycles. The number of methoxy groups -OCH3 is 1. The second-order valence-corrected chi connectivity index (χ2v) is 7.80. The van der Waals surface area contributed by atoms with Crippen LogP contribution in [-0.2, 0) is 11.3 Å². The summed E-state index contributed by atoms with van der Waals surface area (Å²) in [4.78, 5) is 23.2. The van der Waals surface area contributed by atoms with Crippen LogP contribution in [-0.4, -0.2) is 36.2 Å². The summed E-state index contributed by atoms with van der Waals surface area (Å²) in [7, 11) is 1.53. The molecule has 29 heavy (non-hydrogen) atoms. The van der Waals surface area contributed by atoms with Gasteiger partial charge < -0.3 is 25.2 Å². The molecule has 0 spiro atoms. The highest BCUT2D eigenvalue weighted by atomic mass is 35.5. The Kier molecular flexibility index (Phi) is 7.34. The minimum Gasteiger partial charge on any atom is -0.493 e. The number of hydrogen-bond donors (Lipinski definition) is 3. The van der Waals surface area contributed by atoms with Gasteiger partial charge >= 0.3 is 5.97 Å². The number of nitrogens with one attached hydrogen (secondary N) is 2. The van der Waals surface area contributed by atoms with Gasteiger partial charge in [0.1, 0.15) is 0 Å². The number of para-hydroxylation sites is 1. The number of carbonyl (C=O) groups excluding carboxylic acids is 1. The number of rotatable bonds is 8. The number of carboxylic acid groups (broad SMARTS) is 1. The fourth-order valence-corrected chi connectivity index (χ4v) is 2.87. The molecule has 2 aromatic carbocycles. The van der Waals surface area contributed by atoms with Crippen molar-refractivity contribution in [1.82, 2.24) is 5.32 Å². The molecule has 1 amide bonds. The molecule has 7 nitrogen and oxygen atoms in total. The SMILES string of the molecule is COc1cccc(CNc2ccc(C(=O)O)c(Cl)c2)c1OCC(=O)NC(C)(C)C. The summed E-state index contributed by atoms with van der Waals surface area (Å²) < 4.78 is 11.1. The van der Waals surface area contributed by atoms with Gasteiger partial charge in [-0.3, -0.25) is 4.79 Å². The van der Waals surface area contributed by atoms with Gasteiger partial charge in [-0.2, -0.15) is 0 Å². The van der Waals surface area contributed by atoms with E-state index in [-0.39, 0.29) is 28.6 Å². The van der Waals surface area contributed by atoms with E-state index in [4.69, 9.17) is 26.2 Å². The topological polar surface area (TPSA) is 96.9 Å². The Hall–Kier alpha value is -2.93. The van der Waals surface area contributed by atoms with Crippen LogP contribution < -0.4 is 20.1 Å². The van der Waals surface area contributed by atoms with E-state index in [1.165, 1.54) is 13.2 Å². The Morgan fingerprint density at radius 3 is 2.48 bits per heavy atom. The third kappa shape index (κ3) is 6.57. The first kappa shape index (κ1) is 22.4. The van der Waals surface area contributed by atoms with Gasteiger partial charge in [-0.05, 0) is 45.0 Å². The Morgan fingerprint density at radius 2 is 1.90 bits per heavy atom. The van der Waals surface area contributed by atoms with Crippen LogP contribution in [0, 0.1) is 0 Å². The van der Waals surface area contributed by atoms with Crippen LogP contribution in [0.15, 0.2) is 36.4 Å². The predicted octanol–water partition coefficient (Wildman–Crippen LogP) is 3.95. The number of ether oxygens (including phenoxy) is 2. The van der Waals surface area contributed by atoms with Crippen molar-refractivity contribution in [2.24, 2.45) is 0 Å². The predicted molar refractivity (Wildman–Crippen MR) is 112 cm³/mol. The zero-order chi connectivity index (χ0) is 21.6. The van der Waals surface area contributed by atoms with Crippen molar-refractivity contribution in [2.45, 2.75) is 32.9 Å². The van der Waals surface area contributed by atoms with Crippen LogP contribution in [0.1, 0.15) is 36.7 Å². The normalized spacial score (nSPS) is 10.9. The Balaban J connectivity index is 2.13. The van der Waals surface area contributed by atoms with Crippen LogP contribution in [0.2, 0.25) is 5.02 Å². The summed E-state index contributed by atoms with van der Waals surface area (Å²) in [5.74, 6) is -0.358. The van der Waals surface area contributed by atoms with Crippen molar-refractivity contribution in [3.63, 3.8) is 0 Å². The largest absolute Gasteiger partial charge is 0.493 e. The molecule has 0 aliphatic rings. The van der Waals surface area contributed by atoms with E-state index in [0.717, 1.165) is 5.56 Å². The zero-order valence-corrected chi connectivity index (χ0v) is 17.6. The maximum Gasteiger partial charge on any atom is 0.337 e. The average molecular weight is 421 g/mol. The third-order valence-electron chi connectivity index (χ3n) is 3.82. The first-order valence-electron chi connectivity index (χ1n) is 8.97. The van der Waals surface area contributed by atoms with Crippen molar-refractivity contribution in [1.29, 1.82) is 0 Å². The van der Waals surface area contributed by atoms with Crippen LogP contribution in [0.4, 0.5) is 5.69 Å². The molecule has 0 fully saturated rings. The molecule has 0 bridgehead atoms. The van der Waals surface area contributed by atoms with Crippen LogP contribution in [0.25, 0.3) is 0 Å². The van der Waals surface area contributed by atoms with Crippen molar-refractivity contribution in [3.05, 3.63) is 52.5 Å². The fraction of sp³-hybridized carbons (Fsp3) is 0.333. The lowest BCUT2D eigenvalue weighted by molar-refractivity contribution is -0.124. The van der Waals surface area contributed by atoms with Gasteiger partial charge in [0.05, 0.1) is 17.7 Å². The first-order chi connectivity index (χ1) is 13.6. The average Bonchev–Trinajstić information content (AvgIpc) is 2.63. The Labute approximate surface area is 175 Å². The molecule has 156 valence electrons. The molecule has 0 aliphatic carbocycles. The lowest BCUT2D eigenvalue weighted by Crippen LogP contribution is -2.43. The van der Waals surface area contributed by atoms with E-state index in [2.05, 4.69) is 10.6 Å². The molecule has 0 heterocycles. The van der Waals surface area contributed by atoms with Crippen LogP contribution in [0.3, 0.4) is 0 Å². The minimum absolute atomic E-state index is 0.0347. The number of amides is 1. The number of halogens is 1. The standard InChI is InChI=1S/C21H25ClN2O5/c1-21(2,3)24-18(25)12-29-19-13(6-5-7-17(19)28-4)11-23-14-8-9-15(20(26)27)16(22)10-14/h5-10,23H,11-12H2,1-4H3,(H,24,25)(H,26,27). The smallest absolute Gasteiger partial charge is 0.337 e. The zero-order valence-electron chi connectivity index (χ0n) is 16.8. The van der Waals surface area contributed by atoms with E-state index >= 15 is 0 Å². The first-order valence-corrected chi connectivity index (χ1v) is 9.35. The summed E-state index contributed by atoms with van der Waals surface area (Å²) in [5, 5.41) is 15.2. The minimum atomic E-state index is -1.08. The van der Waals surface area contributed by atoms with Gasteiger partial charge in [-0.1, -0.05) is 23.7 Å². The maximum atomic E-state index is 12.1. The number of carboxylic acids is 1. The van der Waals surface area contributed by atoms with E-state index < -0.39 is 5.97 Å². The molecule has 8 heteroatoms. The lowest BCUT2D eigenvalue weighted by Gasteiger charge is -2.21. The van der Waals surface area contributed by atoms with Crippen LogP contribution in [0.5, 0.6) is 11.5 Å². The molecule has 0 unspecified atom stereocenters. The van der Waals surface area contributed by atoms with E-state index in [0.29, 0.717) is 23.7 Å². The second kappa shape index (κ2) is 9.52. The number of anilines is 1. The van der Waals surface area contributed by atoms with E-state index in [9.17, 15) is 9.59 Å². The van der Waals surface area contributed by atoms with Crippen molar-refractivity contribution in [2.75, 3.05) is 19.0 Å². The van der Waals surface area contributed by atoms with Gasteiger partial charge in [-0.25, -0.2) is 4.79 Å². The molecule has 0 radical (unpaired) electrons. The molecule has 2 rings (SSSR count). The second-order valence-electron chi connectivity index (χ2n) is 7.39. The molecule has 0 aliphatic heterocycles. The molecular weight excluding hydrogens is 396 g/mol. The lowest BCUT2D eigenvalue weighted by atomic mass is 10.1. The molecule has 0 atom stereocenters. The molecule has 2 aromatic rings. The van der Waals surface area contributed by atoms with Crippen molar-refractivity contribution >= 4 is 29.2 Å². The Morgan fingerprint density at radius 1 is 1.17 bits per heavy atom. The van der Waals surface area contributed by atoms with Gasteiger partial charge in [-0.15, -0.1) is 0 Å². The molecule has 3 N–H and O–H groups in total. The summed E-state index contributed by atoms with van der Waals surface area (Å²) in [6, 6.07) is 10.0. The molecule has 0 saturated heterocycles. The highest BCUT2D eigenvalue weighted by Crippen LogP contribution is 2.32. The molecular formula is C21H25ClN2O5. The van der Waals surface area contributed by atoms with Gasteiger partial charge in [0.25, 0.3) is 5.91 Å². The summed E-state index contributed by atoms with van der Waals surface area (Å²) in [5.41, 5.74) is 1.10. The summed E-state index contributed by atoms with van der Waals surface area (Å²) in [6.45, 7) is 5.89. The molecule has 0 aromatic heterocycles. The van der Waals surface area contributed by atoms with Crippen molar-refractivity contribution < 1.29 is 24.2 Å². The number of hydrogen-bond acceptors (Lipinski definition) is 5. The monoisotopic (exact) mass is 420 g/mol. The summed E-state index contributed by atoms with van der Waals surface area (Å²) in [6.07, 6.45) is 0. The van der Waals surface area contributed by atoms with E-state index in [1.807, 2.05) is 32.9 Å².